The lowest BCUT2D eigenvalue weighted by molar-refractivity contribution is -0.435. The van der Waals surface area contributed by atoms with E-state index in [0.717, 1.165) is 22.3 Å². The van der Waals surface area contributed by atoms with Crippen molar-refractivity contribution in [1.29, 1.82) is 0 Å². The molecule has 0 aromatic heterocycles. The fourth-order valence-electron chi connectivity index (χ4n) is 6.03. The molecule has 2 aromatic rings. The van der Waals surface area contributed by atoms with Gasteiger partial charge in [-0.15, -0.1) is 0 Å². The Morgan fingerprint density at radius 1 is 0.684 bits per heavy atom. The lowest BCUT2D eigenvalue weighted by atomic mass is 9.94. The second-order valence-electron chi connectivity index (χ2n) is 10.5. The van der Waals surface area contributed by atoms with Crippen molar-refractivity contribution in [2.24, 2.45) is 0 Å². The monoisotopic (exact) mass is 528 g/mol. The average molecular weight is 529 g/mol. The van der Waals surface area contributed by atoms with Crippen LogP contribution in [0.3, 0.4) is 0 Å². The van der Waals surface area contributed by atoms with Crippen LogP contribution in [0.2, 0.25) is 0 Å². The Bertz CT molecular complexity index is 1150. The zero-order valence-corrected chi connectivity index (χ0v) is 20.9. The van der Waals surface area contributed by atoms with Gasteiger partial charge in [0.25, 0.3) is 0 Å². The maximum Gasteiger partial charge on any atom is 0.222 e. The van der Waals surface area contributed by atoms with Gasteiger partial charge in [0.15, 0.2) is 0 Å². The van der Waals surface area contributed by atoms with E-state index in [1.54, 1.807) is 0 Å². The summed E-state index contributed by atoms with van der Waals surface area (Å²) >= 11 is 0. The molecule has 0 unspecified atom stereocenters. The summed E-state index contributed by atoms with van der Waals surface area (Å²) in [4.78, 5) is 0. The Morgan fingerprint density at radius 3 is 1.84 bits per heavy atom. The second kappa shape index (κ2) is 9.90. The first kappa shape index (κ1) is 25.0. The van der Waals surface area contributed by atoms with Crippen molar-refractivity contribution in [3.63, 3.8) is 0 Å². The molecule has 5 aliphatic heterocycles. The van der Waals surface area contributed by atoms with E-state index in [0.29, 0.717) is 26.4 Å². The van der Waals surface area contributed by atoms with E-state index in [1.807, 2.05) is 48.5 Å². The van der Waals surface area contributed by atoms with Crippen LogP contribution in [0.4, 0.5) is 0 Å². The van der Waals surface area contributed by atoms with Gasteiger partial charge in [0.2, 0.25) is 11.6 Å². The van der Waals surface area contributed by atoms with Crippen LogP contribution in [0.15, 0.2) is 48.5 Å². The zero-order chi connectivity index (χ0) is 25.7. The molecular weight excluding hydrogens is 496 g/mol. The fourth-order valence-corrected chi connectivity index (χ4v) is 6.03. The molecule has 2 N–H and O–H groups in total. The van der Waals surface area contributed by atoms with Crippen LogP contribution in [-0.4, -0.2) is 84.8 Å². The number of benzene rings is 2. The summed E-state index contributed by atoms with van der Waals surface area (Å²) in [6.45, 7) is 1.15. The first-order chi connectivity index (χ1) is 18.6. The molecule has 0 radical (unpaired) electrons. The Balaban J connectivity index is 1.09. The van der Waals surface area contributed by atoms with Gasteiger partial charge < -0.3 is 48.1 Å². The Kier molecular flexibility index (Phi) is 6.52. The maximum atomic E-state index is 11.4. The third-order valence-electron chi connectivity index (χ3n) is 8.26. The molecule has 2 spiro atoms. The van der Waals surface area contributed by atoms with Crippen LogP contribution in [0, 0.1) is 0 Å². The lowest BCUT2D eigenvalue weighted by Crippen LogP contribution is -2.70. The summed E-state index contributed by atoms with van der Waals surface area (Å²) in [5.41, 5.74) is 4.11. The van der Waals surface area contributed by atoms with Gasteiger partial charge in [0.1, 0.15) is 49.8 Å². The highest BCUT2D eigenvalue weighted by Gasteiger charge is 2.65. The van der Waals surface area contributed by atoms with Crippen LogP contribution in [-0.2, 0) is 64.3 Å². The summed E-state index contributed by atoms with van der Waals surface area (Å²) in [5.74, 6) is -2.79. The van der Waals surface area contributed by atoms with E-state index in [4.69, 9.17) is 37.9 Å². The van der Waals surface area contributed by atoms with E-state index >= 15 is 0 Å². The highest BCUT2D eigenvalue weighted by molar-refractivity contribution is 5.27. The van der Waals surface area contributed by atoms with Crippen LogP contribution < -0.4 is 0 Å². The first-order valence-corrected chi connectivity index (χ1v) is 13.1. The van der Waals surface area contributed by atoms with Gasteiger partial charge in [-0.05, 0) is 22.3 Å². The molecule has 3 fully saturated rings. The van der Waals surface area contributed by atoms with E-state index in [9.17, 15) is 10.2 Å². The van der Waals surface area contributed by atoms with Crippen LogP contribution >= 0.6 is 0 Å². The molecule has 5 aliphatic rings. The van der Waals surface area contributed by atoms with Gasteiger partial charge in [-0.1, -0.05) is 48.5 Å². The Labute approximate surface area is 220 Å². The lowest BCUT2D eigenvalue weighted by Gasteiger charge is -2.52. The SMILES string of the molecule is OC[C@H]1O[C@@]2(CO[C@]3(CO2)OC[C@H]2OCc4ccccc4CO[C@H]2[C@@H]3O)[C@H]2OCc3ccccc3CO[C@H]12. The quantitative estimate of drug-likeness (QED) is 0.559. The summed E-state index contributed by atoms with van der Waals surface area (Å²) in [6.07, 6.45) is -4.18. The highest BCUT2D eigenvalue weighted by atomic mass is 16.8. The third-order valence-corrected chi connectivity index (χ3v) is 8.26. The molecule has 38 heavy (non-hydrogen) atoms. The molecule has 0 aliphatic carbocycles. The molecule has 10 nitrogen and oxygen atoms in total. The largest absolute Gasteiger partial charge is 0.394 e. The summed E-state index contributed by atoms with van der Waals surface area (Å²) in [5, 5.41) is 21.5. The van der Waals surface area contributed by atoms with Crippen molar-refractivity contribution in [3.8, 4) is 0 Å². The molecule has 204 valence electrons. The van der Waals surface area contributed by atoms with Crippen molar-refractivity contribution in [1.82, 2.24) is 0 Å². The molecule has 0 amide bonds. The van der Waals surface area contributed by atoms with Crippen molar-refractivity contribution >= 4 is 0 Å². The third kappa shape index (κ3) is 4.11. The summed E-state index contributed by atoms with van der Waals surface area (Å²) in [6, 6.07) is 15.8. The number of aliphatic hydroxyl groups is 2. The van der Waals surface area contributed by atoms with E-state index in [2.05, 4.69) is 0 Å². The number of rotatable bonds is 1. The number of fused-ring (bicyclic) bond motifs is 5. The highest BCUT2D eigenvalue weighted by Crippen LogP contribution is 2.45. The van der Waals surface area contributed by atoms with Crippen molar-refractivity contribution in [2.75, 3.05) is 26.4 Å². The summed E-state index contributed by atoms with van der Waals surface area (Å²) < 4.78 is 49.6. The van der Waals surface area contributed by atoms with Gasteiger partial charge in [-0.3, -0.25) is 0 Å². The Morgan fingerprint density at radius 2 is 1.24 bits per heavy atom. The predicted molar refractivity (Wildman–Crippen MR) is 128 cm³/mol. The van der Waals surface area contributed by atoms with Crippen molar-refractivity contribution < 1.29 is 48.1 Å². The topological polar surface area (TPSA) is 114 Å². The average Bonchev–Trinajstić information content (AvgIpc) is 3.21. The van der Waals surface area contributed by atoms with Gasteiger partial charge in [0.05, 0.1) is 39.6 Å². The van der Waals surface area contributed by atoms with Crippen molar-refractivity contribution in [3.05, 3.63) is 70.8 Å². The second-order valence-corrected chi connectivity index (χ2v) is 10.5. The van der Waals surface area contributed by atoms with E-state index < -0.39 is 48.2 Å². The minimum absolute atomic E-state index is 0.0895. The van der Waals surface area contributed by atoms with E-state index in [1.165, 1.54) is 0 Å². The normalized spacial score (nSPS) is 40.7. The van der Waals surface area contributed by atoms with E-state index in [-0.39, 0.29) is 26.4 Å². The molecule has 0 saturated carbocycles. The number of ether oxygens (including phenoxy) is 8. The molecule has 2 aromatic carbocycles. The molecule has 3 saturated heterocycles. The van der Waals surface area contributed by atoms with Crippen LogP contribution in [0.1, 0.15) is 22.3 Å². The first-order valence-electron chi connectivity index (χ1n) is 13.1. The van der Waals surface area contributed by atoms with Gasteiger partial charge in [-0.25, -0.2) is 0 Å². The zero-order valence-electron chi connectivity index (χ0n) is 20.9. The maximum absolute atomic E-state index is 11.4. The Hall–Kier alpha value is -1.96. The molecule has 7 rings (SSSR count). The van der Waals surface area contributed by atoms with Gasteiger partial charge in [-0.2, -0.15) is 0 Å². The smallest absolute Gasteiger partial charge is 0.222 e. The molecular formula is C28H32O10. The predicted octanol–water partition coefficient (Wildman–Crippen LogP) is 1.18. The molecule has 10 heteroatoms. The minimum atomic E-state index is -1.46. The molecule has 5 heterocycles. The standard InChI is InChI=1S/C28H32O10/c29-9-21-24-26(34-13-20-8-4-3-7-19(20)12-33-24)28(38-21)16-36-27(15-37-28)25(30)23-22(14-35-27)31-10-17-5-1-2-6-18(17)11-32-23/h1-8,21-26,29-30H,9-16H2/t21-,22-,23-,24-,25+,26+,27+,28+/m1/s1. The minimum Gasteiger partial charge on any atom is -0.394 e. The summed E-state index contributed by atoms with van der Waals surface area (Å²) in [7, 11) is 0. The van der Waals surface area contributed by atoms with Crippen LogP contribution in [0.25, 0.3) is 0 Å². The van der Waals surface area contributed by atoms with Gasteiger partial charge in [0, 0.05) is 0 Å². The van der Waals surface area contributed by atoms with Crippen molar-refractivity contribution in [2.45, 2.75) is 74.6 Å². The fraction of sp³-hybridized carbons (Fsp3) is 0.571. The molecule has 0 bridgehead atoms. The molecule has 8 atom stereocenters. The number of hydrogen-bond acceptors (Lipinski definition) is 10. The van der Waals surface area contributed by atoms with Gasteiger partial charge >= 0.3 is 0 Å². The number of hydrogen-bond donors (Lipinski definition) is 2. The number of aliphatic hydroxyl groups excluding tert-OH is 2. The van der Waals surface area contributed by atoms with Crippen LogP contribution in [0.5, 0.6) is 0 Å².